The van der Waals surface area contributed by atoms with Gasteiger partial charge in [0.05, 0.1) is 18.3 Å². The van der Waals surface area contributed by atoms with Crippen LogP contribution in [-0.2, 0) is 18.0 Å². The van der Waals surface area contributed by atoms with Crippen molar-refractivity contribution in [2.45, 2.75) is 23.8 Å². The molecule has 154 valence electrons. The van der Waals surface area contributed by atoms with E-state index in [1.807, 2.05) is 0 Å². The summed E-state index contributed by atoms with van der Waals surface area (Å²) in [5, 5.41) is 26.7. The molecule has 0 fully saturated rings. The number of nitrogens with two attached hydrogens (primary N) is 1. The predicted molar refractivity (Wildman–Crippen MR) is 106 cm³/mol. The molecule has 8 nitrogen and oxygen atoms in total. The van der Waals surface area contributed by atoms with E-state index in [9.17, 15) is 18.5 Å². The van der Waals surface area contributed by atoms with Crippen molar-refractivity contribution in [1.82, 2.24) is 4.57 Å². The highest BCUT2D eigenvalue weighted by Crippen LogP contribution is 2.29. The molecule has 2 aromatic rings. The number of nitrogens with one attached hydrogen (secondary N) is 1. The molecular formula is C19H21FN4O4S. The molecule has 2 rings (SSSR count). The maximum atomic E-state index is 13.5. The van der Waals surface area contributed by atoms with Gasteiger partial charge in [-0.25, -0.2) is 13.7 Å². The number of aryl methyl sites for hydroxylation is 1. The quantitative estimate of drug-likeness (QED) is 0.534. The Morgan fingerprint density at radius 1 is 1.59 bits per heavy atom. The van der Waals surface area contributed by atoms with E-state index >= 15 is 0 Å². The Morgan fingerprint density at radius 2 is 2.31 bits per heavy atom. The molecule has 4 N–H and O–H groups in total. The van der Waals surface area contributed by atoms with Crippen molar-refractivity contribution in [3.05, 3.63) is 54.1 Å². The minimum absolute atomic E-state index is 0.0271. The van der Waals surface area contributed by atoms with Crippen LogP contribution >= 0.6 is 0 Å². The molecule has 0 saturated carbocycles. The number of carbonyl (C=O) groups excluding carboxylic acids is 1. The molecule has 10 heteroatoms. The average Bonchev–Trinajstić information content (AvgIpc) is 3.00. The van der Waals surface area contributed by atoms with Gasteiger partial charge in [-0.1, -0.05) is 6.08 Å². The highest BCUT2D eigenvalue weighted by Gasteiger charge is 2.25. The van der Waals surface area contributed by atoms with Gasteiger partial charge in [-0.2, -0.15) is 5.26 Å². The Hall–Kier alpha value is -3.00. The van der Waals surface area contributed by atoms with Gasteiger partial charge in [0.1, 0.15) is 27.8 Å². The fourth-order valence-electron chi connectivity index (χ4n) is 2.61. The molecule has 1 heterocycles. The van der Waals surface area contributed by atoms with Crippen LogP contribution in [0.4, 0.5) is 10.1 Å². The fraction of sp³-hybridized carbons (Fsp3) is 0.263. The first kappa shape index (κ1) is 22.3. The molecule has 1 aromatic carbocycles. The van der Waals surface area contributed by atoms with E-state index in [-0.39, 0.29) is 40.6 Å². The number of benzene rings is 1. The zero-order valence-corrected chi connectivity index (χ0v) is 16.5. The largest absolute Gasteiger partial charge is 0.490 e. The number of hydrogen-bond acceptors (Lipinski definition) is 5. The molecule has 1 amide bonds. The van der Waals surface area contributed by atoms with E-state index in [2.05, 4.69) is 11.9 Å². The number of aliphatic hydroxyl groups is 1. The summed E-state index contributed by atoms with van der Waals surface area (Å²) >= 11 is 0. The van der Waals surface area contributed by atoms with Crippen molar-refractivity contribution in [3.63, 3.8) is 0 Å². The Bertz CT molecular complexity index is 983. The van der Waals surface area contributed by atoms with Gasteiger partial charge in [0.2, 0.25) is 0 Å². The number of ether oxygens (including phenoxy) is 1. The number of nitrogens with zero attached hydrogens (tertiary/aromatic N) is 2. The molecule has 0 aliphatic heterocycles. The van der Waals surface area contributed by atoms with E-state index in [4.69, 9.17) is 15.1 Å². The van der Waals surface area contributed by atoms with Crippen LogP contribution in [0, 0.1) is 17.1 Å². The first-order valence-electron chi connectivity index (χ1n) is 8.56. The molecule has 0 radical (unpaired) electrons. The average molecular weight is 420 g/mol. The lowest BCUT2D eigenvalue weighted by atomic mass is 10.2. The van der Waals surface area contributed by atoms with E-state index < -0.39 is 28.8 Å². The smallest absolute Gasteiger partial charge is 0.276 e. The summed E-state index contributed by atoms with van der Waals surface area (Å²) in [6.45, 7) is 3.60. The molecule has 0 bridgehead atoms. The van der Waals surface area contributed by atoms with Crippen LogP contribution < -0.4 is 15.2 Å². The molecule has 0 aliphatic carbocycles. The van der Waals surface area contributed by atoms with Crippen molar-refractivity contribution in [1.29, 1.82) is 5.26 Å². The van der Waals surface area contributed by atoms with Crippen LogP contribution in [-0.4, -0.2) is 32.5 Å². The number of nitriles is 1. The van der Waals surface area contributed by atoms with Crippen LogP contribution in [0.5, 0.6) is 5.75 Å². The zero-order chi connectivity index (χ0) is 21.6. The number of anilines is 1. The number of carbonyl (C=O) groups is 1. The van der Waals surface area contributed by atoms with Gasteiger partial charge >= 0.3 is 0 Å². The maximum absolute atomic E-state index is 13.5. The normalized spacial score (nSPS) is 12.7. The molecule has 0 saturated heterocycles. The first-order chi connectivity index (χ1) is 13.8. The summed E-state index contributed by atoms with van der Waals surface area (Å²) in [5.41, 5.74) is 0.0304. The standard InChI is InChI=1S/C19H21FN4O4S/c1-3-4-14(25)7-8-28-18-16(29(22)27)11-24(2)17(18)19(26)23-13-5-6-15(20)12(9-13)10-21/h3,5-6,9,11,14,25H,1,4,7-8,22H2,2H3,(H,23,26). The highest BCUT2D eigenvalue weighted by molar-refractivity contribution is 7.82. The second-order valence-electron chi connectivity index (χ2n) is 6.16. The van der Waals surface area contributed by atoms with Crippen LogP contribution in [0.3, 0.4) is 0 Å². The molecule has 0 spiro atoms. The number of hydrogen-bond donors (Lipinski definition) is 3. The lowest BCUT2D eigenvalue weighted by molar-refractivity contribution is 0.101. The van der Waals surface area contributed by atoms with Crippen LogP contribution in [0.15, 0.2) is 41.9 Å². The SMILES string of the molecule is C=CCC(O)CCOc1c(S(N)=O)cn(C)c1C(=O)Nc1ccc(F)c(C#N)c1. The fourth-order valence-corrected chi connectivity index (χ4v) is 3.21. The number of aromatic nitrogens is 1. The summed E-state index contributed by atoms with van der Waals surface area (Å²) in [4.78, 5) is 12.9. The van der Waals surface area contributed by atoms with Gasteiger partial charge < -0.3 is 19.7 Å². The summed E-state index contributed by atoms with van der Waals surface area (Å²) in [6.07, 6.45) is 2.97. The van der Waals surface area contributed by atoms with Gasteiger partial charge in [0.15, 0.2) is 11.4 Å². The third-order valence-electron chi connectivity index (χ3n) is 4.02. The van der Waals surface area contributed by atoms with Crippen molar-refractivity contribution in [2.24, 2.45) is 12.2 Å². The van der Waals surface area contributed by atoms with Crippen molar-refractivity contribution in [3.8, 4) is 11.8 Å². The third kappa shape index (κ3) is 5.51. The summed E-state index contributed by atoms with van der Waals surface area (Å²) in [5.74, 6) is -1.30. The Morgan fingerprint density at radius 3 is 2.93 bits per heavy atom. The second kappa shape index (κ2) is 9.97. The molecule has 2 unspecified atom stereocenters. The van der Waals surface area contributed by atoms with Gasteiger partial charge in [0, 0.05) is 25.4 Å². The second-order valence-corrected chi connectivity index (χ2v) is 7.19. The monoisotopic (exact) mass is 420 g/mol. The van der Waals surface area contributed by atoms with Crippen molar-refractivity contribution < 1.29 is 23.2 Å². The Labute approximate surface area is 170 Å². The van der Waals surface area contributed by atoms with Crippen LogP contribution in [0.25, 0.3) is 0 Å². The number of amides is 1. The van der Waals surface area contributed by atoms with E-state index in [0.717, 1.165) is 6.07 Å². The van der Waals surface area contributed by atoms with Crippen molar-refractivity contribution >= 4 is 22.6 Å². The first-order valence-corrected chi connectivity index (χ1v) is 9.78. The number of aliphatic hydroxyl groups excluding tert-OH is 1. The van der Waals surface area contributed by atoms with Gasteiger partial charge in [-0.3, -0.25) is 4.79 Å². The minimum Gasteiger partial charge on any atom is -0.490 e. The molecule has 29 heavy (non-hydrogen) atoms. The van der Waals surface area contributed by atoms with Crippen LogP contribution in [0.2, 0.25) is 0 Å². The summed E-state index contributed by atoms with van der Waals surface area (Å²) in [6, 6.07) is 5.27. The van der Waals surface area contributed by atoms with Gasteiger partial charge in [-0.15, -0.1) is 6.58 Å². The van der Waals surface area contributed by atoms with Gasteiger partial charge in [-0.05, 0) is 24.6 Å². The van der Waals surface area contributed by atoms with E-state index in [1.165, 1.54) is 22.9 Å². The zero-order valence-electron chi connectivity index (χ0n) is 15.7. The number of rotatable bonds is 9. The predicted octanol–water partition coefficient (Wildman–Crippen LogP) is 1.98. The minimum atomic E-state index is -1.92. The van der Waals surface area contributed by atoms with Crippen LogP contribution in [0.1, 0.15) is 28.9 Å². The van der Waals surface area contributed by atoms with E-state index in [0.29, 0.717) is 6.42 Å². The topological polar surface area (TPSA) is 130 Å². The third-order valence-corrected chi connectivity index (χ3v) is 4.74. The summed E-state index contributed by atoms with van der Waals surface area (Å²) < 4.78 is 32.4. The molecule has 2 atom stereocenters. The van der Waals surface area contributed by atoms with Crippen molar-refractivity contribution in [2.75, 3.05) is 11.9 Å². The Balaban J connectivity index is 2.28. The highest BCUT2D eigenvalue weighted by atomic mass is 32.2. The number of halogens is 1. The molecule has 1 aromatic heterocycles. The molecule has 0 aliphatic rings. The Kier molecular flexibility index (Phi) is 7.67. The maximum Gasteiger partial charge on any atom is 0.276 e. The van der Waals surface area contributed by atoms with Gasteiger partial charge in [0.25, 0.3) is 5.91 Å². The summed E-state index contributed by atoms with van der Waals surface area (Å²) in [7, 11) is -0.364. The lowest BCUT2D eigenvalue weighted by Crippen LogP contribution is -2.18. The lowest BCUT2D eigenvalue weighted by Gasteiger charge is -2.13. The van der Waals surface area contributed by atoms with E-state index in [1.54, 1.807) is 19.2 Å². The molecular weight excluding hydrogens is 399 g/mol.